The zero-order valence-electron chi connectivity index (χ0n) is 11.8. The number of nitrogens with zero attached hydrogens (tertiary/aromatic N) is 1. The maximum absolute atomic E-state index is 13.0. The van der Waals surface area contributed by atoms with Crippen LogP contribution in [0.15, 0.2) is 42.5 Å². The lowest BCUT2D eigenvalue weighted by Gasteiger charge is -2.31. The molecule has 1 aliphatic heterocycles. The van der Waals surface area contributed by atoms with E-state index in [9.17, 15) is 9.18 Å². The second kappa shape index (κ2) is 5.56. The Balaban J connectivity index is 1.90. The standard InChI is InChI=1S/C17H16FNO2/c1-12(20)14-4-7-17-16(10-14)19(8-9-21-17)11-13-2-5-15(18)6-3-13/h2-7,10H,8-9,11H2,1H3. The highest BCUT2D eigenvalue weighted by Crippen LogP contribution is 2.33. The van der Waals surface area contributed by atoms with Gasteiger partial charge in [0.2, 0.25) is 0 Å². The molecule has 0 aliphatic carbocycles. The maximum Gasteiger partial charge on any atom is 0.159 e. The first-order valence-corrected chi connectivity index (χ1v) is 6.90. The summed E-state index contributed by atoms with van der Waals surface area (Å²) in [6.45, 7) is 3.56. The molecular formula is C17H16FNO2. The number of anilines is 1. The van der Waals surface area contributed by atoms with Gasteiger partial charge in [0.05, 0.1) is 12.2 Å². The van der Waals surface area contributed by atoms with Gasteiger partial charge in [-0.1, -0.05) is 12.1 Å². The Morgan fingerprint density at radius 1 is 1.24 bits per heavy atom. The quantitative estimate of drug-likeness (QED) is 0.809. The highest BCUT2D eigenvalue weighted by atomic mass is 19.1. The fourth-order valence-electron chi connectivity index (χ4n) is 2.47. The van der Waals surface area contributed by atoms with Crippen molar-refractivity contribution < 1.29 is 13.9 Å². The van der Waals surface area contributed by atoms with Crippen LogP contribution in [-0.2, 0) is 6.54 Å². The minimum atomic E-state index is -0.236. The number of fused-ring (bicyclic) bond motifs is 1. The monoisotopic (exact) mass is 285 g/mol. The number of hydrogen-bond donors (Lipinski definition) is 0. The molecule has 0 radical (unpaired) electrons. The molecule has 0 amide bonds. The van der Waals surface area contributed by atoms with E-state index in [4.69, 9.17) is 4.74 Å². The number of rotatable bonds is 3. The van der Waals surface area contributed by atoms with Crippen LogP contribution in [0.5, 0.6) is 5.75 Å². The van der Waals surface area contributed by atoms with Crippen LogP contribution in [0.25, 0.3) is 0 Å². The van der Waals surface area contributed by atoms with Gasteiger partial charge in [0, 0.05) is 12.1 Å². The molecule has 1 heterocycles. The highest BCUT2D eigenvalue weighted by molar-refractivity contribution is 5.95. The van der Waals surface area contributed by atoms with Gasteiger partial charge in [0.25, 0.3) is 0 Å². The first-order valence-electron chi connectivity index (χ1n) is 6.90. The van der Waals surface area contributed by atoms with Gasteiger partial charge in [-0.05, 0) is 42.8 Å². The van der Waals surface area contributed by atoms with Crippen molar-refractivity contribution in [1.29, 1.82) is 0 Å². The average molecular weight is 285 g/mol. The Bertz CT molecular complexity index is 667. The molecule has 1 aliphatic rings. The molecule has 3 nitrogen and oxygen atoms in total. The second-order valence-corrected chi connectivity index (χ2v) is 5.14. The fourth-order valence-corrected chi connectivity index (χ4v) is 2.47. The number of carbonyl (C=O) groups is 1. The van der Waals surface area contributed by atoms with Gasteiger partial charge >= 0.3 is 0 Å². The van der Waals surface area contributed by atoms with Gasteiger partial charge in [-0.25, -0.2) is 4.39 Å². The fraction of sp³-hybridized carbons (Fsp3) is 0.235. The third-order valence-electron chi connectivity index (χ3n) is 3.61. The number of Topliss-reactive ketones (excluding diaryl/α,β-unsaturated/α-hetero) is 1. The van der Waals surface area contributed by atoms with Crippen LogP contribution in [-0.4, -0.2) is 18.9 Å². The van der Waals surface area contributed by atoms with Crippen LogP contribution < -0.4 is 9.64 Å². The Kier molecular flexibility index (Phi) is 3.60. The van der Waals surface area contributed by atoms with E-state index in [-0.39, 0.29) is 11.6 Å². The molecule has 2 aromatic carbocycles. The van der Waals surface area contributed by atoms with E-state index in [1.807, 2.05) is 12.1 Å². The van der Waals surface area contributed by atoms with E-state index in [0.717, 1.165) is 23.5 Å². The minimum absolute atomic E-state index is 0.0325. The molecule has 0 saturated carbocycles. The molecule has 0 atom stereocenters. The summed E-state index contributed by atoms with van der Waals surface area (Å²) in [6.07, 6.45) is 0. The molecule has 4 heteroatoms. The number of hydrogen-bond acceptors (Lipinski definition) is 3. The predicted octanol–water partition coefficient (Wildman–Crippen LogP) is 3.43. The van der Waals surface area contributed by atoms with Crippen molar-refractivity contribution in [2.75, 3.05) is 18.1 Å². The summed E-state index contributed by atoms with van der Waals surface area (Å²) in [5, 5.41) is 0. The normalized spacial score (nSPS) is 13.5. The molecule has 0 aromatic heterocycles. The summed E-state index contributed by atoms with van der Waals surface area (Å²) in [6, 6.07) is 12.0. The van der Waals surface area contributed by atoms with Crippen LogP contribution in [0.2, 0.25) is 0 Å². The van der Waals surface area contributed by atoms with Crippen molar-refractivity contribution in [2.24, 2.45) is 0 Å². The van der Waals surface area contributed by atoms with E-state index in [1.165, 1.54) is 12.1 Å². The van der Waals surface area contributed by atoms with E-state index >= 15 is 0 Å². The molecule has 0 bridgehead atoms. The molecule has 0 fully saturated rings. The van der Waals surface area contributed by atoms with Crippen LogP contribution in [0, 0.1) is 5.82 Å². The summed E-state index contributed by atoms with van der Waals surface area (Å²) >= 11 is 0. The zero-order chi connectivity index (χ0) is 14.8. The Morgan fingerprint density at radius 3 is 2.71 bits per heavy atom. The zero-order valence-corrected chi connectivity index (χ0v) is 11.8. The molecule has 0 saturated heterocycles. The van der Waals surface area contributed by atoms with Crippen molar-refractivity contribution in [3.8, 4) is 5.75 Å². The average Bonchev–Trinajstić information content (AvgIpc) is 2.49. The molecule has 0 spiro atoms. The lowest BCUT2D eigenvalue weighted by Crippen LogP contribution is -2.32. The molecule has 2 aromatic rings. The topological polar surface area (TPSA) is 29.5 Å². The van der Waals surface area contributed by atoms with Crippen molar-refractivity contribution in [3.05, 3.63) is 59.4 Å². The van der Waals surface area contributed by atoms with Crippen molar-refractivity contribution in [3.63, 3.8) is 0 Å². The van der Waals surface area contributed by atoms with Gasteiger partial charge in [-0.3, -0.25) is 4.79 Å². The van der Waals surface area contributed by atoms with E-state index in [2.05, 4.69) is 4.90 Å². The Morgan fingerprint density at radius 2 is 2.00 bits per heavy atom. The third-order valence-corrected chi connectivity index (χ3v) is 3.61. The third kappa shape index (κ3) is 2.89. The van der Waals surface area contributed by atoms with E-state index in [1.54, 1.807) is 25.1 Å². The van der Waals surface area contributed by atoms with Crippen molar-refractivity contribution >= 4 is 11.5 Å². The first kappa shape index (κ1) is 13.6. The van der Waals surface area contributed by atoms with Crippen LogP contribution in [0.1, 0.15) is 22.8 Å². The SMILES string of the molecule is CC(=O)c1ccc2c(c1)N(Cc1ccc(F)cc1)CCO2. The lowest BCUT2D eigenvalue weighted by atomic mass is 10.1. The van der Waals surface area contributed by atoms with Gasteiger partial charge in [-0.2, -0.15) is 0 Å². The summed E-state index contributed by atoms with van der Waals surface area (Å²) in [7, 11) is 0. The van der Waals surface area contributed by atoms with Gasteiger partial charge in [0.1, 0.15) is 18.2 Å². The van der Waals surface area contributed by atoms with E-state index < -0.39 is 0 Å². The number of ether oxygens (including phenoxy) is 1. The summed E-state index contributed by atoms with van der Waals surface area (Å²) in [4.78, 5) is 13.7. The van der Waals surface area contributed by atoms with Crippen molar-refractivity contribution in [1.82, 2.24) is 0 Å². The molecule has 108 valence electrons. The predicted molar refractivity (Wildman–Crippen MR) is 79.4 cm³/mol. The van der Waals surface area contributed by atoms with Crippen LogP contribution in [0.3, 0.4) is 0 Å². The number of halogens is 1. The number of benzene rings is 2. The number of ketones is 1. The second-order valence-electron chi connectivity index (χ2n) is 5.14. The van der Waals surface area contributed by atoms with Gasteiger partial charge in [0.15, 0.2) is 5.78 Å². The van der Waals surface area contributed by atoms with Crippen LogP contribution in [0.4, 0.5) is 10.1 Å². The molecule has 0 N–H and O–H groups in total. The molecule has 3 rings (SSSR count). The lowest BCUT2D eigenvalue weighted by molar-refractivity contribution is 0.101. The summed E-state index contributed by atoms with van der Waals surface area (Å²) < 4.78 is 18.6. The Hall–Kier alpha value is -2.36. The van der Waals surface area contributed by atoms with E-state index in [0.29, 0.717) is 18.7 Å². The molecule has 21 heavy (non-hydrogen) atoms. The smallest absolute Gasteiger partial charge is 0.159 e. The van der Waals surface area contributed by atoms with Gasteiger partial charge < -0.3 is 9.64 Å². The van der Waals surface area contributed by atoms with Crippen molar-refractivity contribution in [2.45, 2.75) is 13.5 Å². The van der Waals surface area contributed by atoms with Gasteiger partial charge in [-0.15, -0.1) is 0 Å². The Labute approximate surface area is 123 Å². The molecular weight excluding hydrogens is 269 g/mol. The summed E-state index contributed by atoms with van der Waals surface area (Å²) in [5.74, 6) is 0.582. The largest absolute Gasteiger partial charge is 0.490 e. The molecule has 0 unspecified atom stereocenters. The summed E-state index contributed by atoms with van der Waals surface area (Å²) in [5.41, 5.74) is 2.61. The first-order chi connectivity index (χ1) is 10.1. The highest BCUT2D eigenvalue weighted by Gasteiger charge is 2.19. The van der Waals surface area contributed by atoms with Crippen LogP contribution >= 0.6 is 0 Å². The number of carbonyl (C=O) groups excluding carboxylic acids is 1. The maximum atomic E-state index is 13.0. The minimum Gasteiger partial charge on any atom is -0.490 e.